The minimum absolute atomic E-state index is 0.00171. The summed E-state index contributed by atoms with van der Waals surface area (Å²) in [5.74, 6) is -1.65. The maximum Gasteiger partial charge on any atom is 0.262 e. The third kappa shape index (κ3) is 3.81. The molecule has 3 aliphatic rings. The third-order valence-electron chi connectivity index (χ3n) is 5.78. The smallest absolute Gasteiger partial charge is 0.262 e. The van der Waals surface area contributed by atoms with E-state index < -0.39 is 29.7 Å². The fraction of sp³-hybridized carbons (Fsp3) is 0.500. The van der Waals surface area contributed by atoms with Gasteiger partial charge in [-0.05, 0) is 30.5 Å². The van der Waals surface area contributed by atoms with Crippen LogP contribution in [0.2, 0.25) is 0 Å². The van der Waals surface area contributed by atoms with E-state index in [9.17, 15) is 19.2 Å². The van der Waals surface area contributed by atoms with Crippen molar-refractivity contribution in [2.75, 3.05) is 19.8 Å². The summed E-state index contributed by atoms with van der Waals surface area (Å²) in [5, 5.41) is 5.48. The van der Waals surface area contributed by atoms with E-state index in [2.05, 4.69) is 10.6 Å². The van der Waals surface area contributed by atoms with Crippen LogP contribution in [-0.2, 0) is 20.9 Å². The average molecular weight is 400 g/mol. The van der Waals surface area contributed by atoms with Crippen molar-refractivity contribution >= 4 is 23.6 Å². The summed E-state index contributed by atoms with van der Waals surface area (Å²) in [6.07, 6.45) is 1.22. The molecule has 9 nitrogen and oxygen atoms in total. The van der Waals surface area contributed by atoms with E-state index >= 15 is 0 Å². The molecule has 4 amide bonds. The van der Waals surface area contributed by atoms with Crippen LogP contribution < -0.4 is 16.4 Å². The fourth-order valence-corrected chi connectivity index (χ4v) is 4.07. The second-order valence-corrected chi connectivity index (χ2v) is 7.75. The average Bonchev–Trinajstić information content (AvgIpc) is 3.31. The minimum atomic E-state index is -0.951. The summed E-state index contributed by atoms with van der Waals surface area (Å²) in [6, 6.07) is 4.13. The predicted octanol–water partition coefficient (Wildman–Crippen LogP) is -0.459. The number of imide groups is 2. The molecule has 9 heteroatoms. The zero-order chi connectivity index (χ0) is 20.5. The van der Waals surface area contributed by atoms with Gasteiger partial charge in [0.05, 0.1) is 17.7 Å². The lowest BCUT2D eigenvalue weighted by molar-refractivity contribution is -0.136. The molecular formula is C20H24N4O5. The molecule has 29 heavy (non-hydrogen) atoms. The molecule has 3 unspecified atom stereocenters. The number of carbonyl (C=O) groups excluding carboxylic acids is 4. The molecule has 0 aromatic heterocycles. The second-order valence-electron chi connectivity index (χ2n) is 7.75. The van der Waals surface area contributed by atoms with Crippen molar-refractivity contribution in [2.24, 2.45) is 11.7 Å². The number of benzene rings is 1. The largest absolute Gasteiger partial charge is 0.381 e. The molecule has 0 aliphatic carbocycles. The Morgan fingerprint density at radius 1 is 1.17 bits per heavy atom. The molecule has 4 rings (SSSR count). The Bertz CT molecular complexity index is 864. The van der Waals surface area contributed by atoms with Gasteiger partial charge in [-0.2, -0.15) is 0 Å². The van der Waals surface area contributed by atoms with Crippen molar-refractivity contribution in [3.8, 4) is 0 Å². The van der Waals surface area contributed by atoms with Gasteiger partial charge in [0, 0.05) is 38.1 Å². The van der Waals surface area contributed by atoms with Gasteiger partial charge in [-0.15, -0.1) is 0 Å². The summed E-state index contributed by atoms with van der Waals surface area (Å²) >= 11 is 0. The standard InChI is InChI=1S/C20H24N4O5/c21-15(12-5-6-29-10-12)9-22-8-11-1-2-13-14(7-11)20(28)24(19(13)27)16-3-4-17(25)23-18(16)26/h1-2,7,12,15-16,22H,3-6,8-10,21H2,(H,23,25,26). The zero-order valence-electron chi connectivity index (χ0n) is 16.0. The van der Waals surface area contributed by atoms with Gasteiger partial charge in [0.25, 0.3) is 11.8 Å². The van der Waals surface area contributed by atoms with Crippen LogP contribution in [0.25, 0.3) is 0 Å². The van der Waals surface area contributed by atoms with Gasteiger partial charge in [-0.1, -0.05) is 6.07 Å². The number of amides is 4. The van der Waals surface area contributed by atoms with E-state index in [1.165, 1.54) is 0 Å². The zero-order valence-corrected chi connectivity index (χ0v) is 16.0. The number of hydrogen-bond acceptors (Lipinski definition) is 7. The van der Waals surface area contributed by atoms with Crippen LogP contribution in [-0.4, -0.2) is 60.4 Å². The molecule has 2 fully saturated rings. The van der Waals surface area contributed by atoms with Gasteiger partial charge >= 0.3 is 0 Å². The third-order valence-corrected chi connectivity index (χ3v) is 5.78. The number of fused-ring (bicyclic) bond motifs is 1. The van der Waals surface area contributed by atoms with Gasteiger partial charge in [-0.3, -0.25) is 29.4 Å². The van der Waals surface area contributed by atoms with Gasteiger partial charge in [0.15, 0.2) is 0 Å². The van der Waals surface area contributed by atoms with Gasteiger partial charge < -0.3 is 15.8 Å². The van der Waals surface area contributed by atoms with Crippen LogP contribution in [0.5, 0.6) is 0 Å². The normalized spacial score (nSPS) is 25.3. The molecule has 0 spiro atoms. The molecule has 1 aromatic carbocycles. The number of piperidine rings is 1. The summed E-state index contributed by atoms with van der Waals surface area (Å²) in [6.45, 7) is 2.58. The number of ether oxygens (including phenoxy) is 1. The molecule has 0 radical (unpaired) electrons. The number of rotatable bonds is 6. The SMILES string of the molecule is NC(CNCc1ccc2c(c1)C(=O)N(C1CCC(=O)NC1=O)C2=O)C1CCOC1. The van der Waals surface area contributed by atoms with Crippen LogP contribution in [0.3, 0.4) is 0 Å². The highest BCUT2D eigenvalue weighted by Crippen LogP contribution is 2.28. The highest BCUT2D eigenvalue weighted by molar-refractivity contribution is 6.23. The lowest BCUT2D eigenvalue weighted by Gasteiger charge is -2.27. The van der Waals surface area contributed by atoms with E-state index in [4.69, 9.17) is 10.5 Å². The molecule has 0 saturated carbocycles. The first-order chi connectivity index (χ1) is 14.0. The molecule has 3 heterocycles. The first-order valence-corrected chi connectivity index (χ1v) is 9.84. The van der Waals surface area contributed by atoms with E-state index in [1.807, 2.05) is 0 Å². The van der Waals surface area contributed by atoms with Gasteiger partial charge in [-0.25, -0.2) is 0 Å². The van der Waals surface area contributed by atoms with Crippen LogP contribution in [0, 0.1) is 5.92 Å². The quantitative estimate of drug-likeness (QED) is 0.551. The minimum Gasteiger partial charge on any atom is -0.381 e. The summed E-state index contributed by atoms with van der Waals surface area (Å²) in [4.78, 5) is 49.9. The van der Waals surface area contributed by atoms with Crippen molar-refractivity contribution in [1.29, 1.82) is 0 Å². The van der Waals surface area contributed by atoms with Crippen molar-refractivity contribution in [2.45, 2.75) is 37.9 Å². The van der Waals surface area contributed by atoms with Crippen molar-refractivity contribution in [3.05, 3.63) is 34.9 Å². The van der Waals surface area contributed by atoms with Gasteiger partial charge in [0.2, 0.25) is 11.8 Å². The van der Waals surface area contributed by atoms with Crippen LogP contribution >= 0.6 is 0 Å². The highest BCUT2D eigenvalue weighted by atomic mass is 16.5. The number of nitrogens with two attached hydrogens (primary N) is 1. The molecular weight excluding hydrogens is 376 g/mol. The van der Waals surface area contributed by atoms with E-state index in [0.29, 0.717) is 25.6 Å². The van der Waals surface area contributed by atoms with Crippen molar-refractivity contribution in [1.82, 2.24) is 15.5 Å². The molecule has 0 bridgehead atoms. The number of hydrogen-bond donors (Lipinski definition) is 3. The summed E-state index contributed by atoms with van der Waals surface area (Å²) < 4.78 is 5.36. The molecule has 3 aliphatic heterocycles. The number of carbonyl (C=O) groups is 4. The van der Waals surface area contributed by atoms with Crippen molar-refractivity contribution in [3.63, 3.8) is 0 Å². The Morgan fingerprint density at radius 2 is 1.97 bits per heavy atom. The fourth-order valence-electron chi connectivity index (χ4n) is 4.07. The van der Waals surface area contributed by atoms with Crippen LogP contribution in [0.1, 0.15) is 45.5 Å². The van der Waals surface area contributed by atoms with E-state index in [0.717, 1.165) is 23.5 Å². The second kappa shape index (κ2) is 8.02. The van der Waals surface area contributed by atoms with Crippen LogP contribution in [0.4, 0.5) is 0 Å². The number of nitrogens with one attached hydrogen (secondary N) is 2. The monoisotopic (exact) mass is 400 g/mol. The Balaban J connectivity index is 1.41. The Hall–Kier alpha value is -2.62. The Kier molecular flexibility index (Phi) is 5.44. The van der Waals surface area contributed by atoms with Crippen molar-refractivity contribution < 1.29 is 23.9 Å². The van der Waals surface area contributed by atoms with E-state index in [-0.39, 0.29) is 30.0 Å². The maximum atomic E-state index is 12.8. The predicted molar refractivity (Wildman–Crippen MR) is 102 cm³/mol. The van der Waals surface area contributed by atoms with Crippen LogP contribution in [0.15, 0.2) is 18.2 Å². The highest BCUT2D eigenvalue weighted by Gasteiger charge is 2.44. The summed E-state index contributed by atoms with van der Waals surface area (Å²) in [7, 11) is 0. The van der Waals surface area contributed by atoms with E-state index in [1.54, 1.807) is 18.2 Å². The lowest BCUT2D eigenvalue weighted by Crippen LogP contribution is -2.54. The molecule has 2 saturated heterocycles. The maximum absolute atomic E-state index is 12.8. The topological polar surface area (TPSA) is 131 Å². The molecule has 3 atom stereocenters. The first-order valence-electron chi connectivity index (χ1n) is 9.84. The Labute approximate surface area is 167 Å². The summed E-state index contributed by atoms with van der Waals surface area (Å²) in [5.41, 5.74) is 7.60. The lowest BCUT2D eigenvalue weighted by atomic mass is 10.00. The molecule has 154 valence electrons. The number of nitrogens with zero attached hydrogens (tertiary/aromatic N) is 1. The molecule has 1 aromatic rings. The first kappa shape index (κ1) is 19.7. The molecule has 4 N–H and O–H groups in total. The van der Waals surface area contributed by atoms with Gasteiger partial charge in [0.1, 0.15) is 6.04 Å². The Morgan fingerprint density at radius 3 is 2.69 bits per heavy atom.